The van der Waals surface area contributed by atoms with Crippen LogP contribution >= 0.6 is 0 Å². The molecule has 0 spiro atoms. The van der Waals surface area contributed by atoms with Gasteiger partial charge in [-0.15, -0.1) is 12.3 Å². The summed E-state index contributed by atoms with van der Waals surface area (Å²) in [4.78, 5) is 2.26. The van der Waals surface area contributed by atoms with Crippen LogP contribution in [0.5, 0.6) is 0 Å². The van der Waals surface area contributed by atoms with Crippen molar-refractivity contribution in [2.45, 2.75) is 25.4 Å². The number of aliphatic hydroxyl groups is 1. The van der Waals surface area contributed by atoms with Crippen LogP contribution in [0.25, 0.3) is 0 Å². The summed E-state index contributed by atoms with van der Waals surface area (Å²) in [6, 6.07) is 6.15. The van der Waals surface area contributed by atoms with Crippen LogP contribution < -0.4 is 4.90 Å². The second-order valence-corrected chi connectivity index (χ2v) is 4.34. The number of terminal acetylenes is 1. The maximum absolute atomic E-state index is 9.83. The third-order valence-corrected chi connectivity index (χ3v) is 3.15. The highest BCUT2D eigenvalue weighted by atomic mass is 16.3. The molecule has 84 valence electrons. The lowest BCUT2D eigenvalue weighted by molar-refractivity contribution is 0.184. The molecule has 16 heavy (non-hydrogen) atoms. The fraction of sp³-hybridized carbons (Fsp3) is 0.429. The standard InChI is InChI=1S/C14H17NO/c1-3-5-14(16)12-7-8-13-11(10-12)6-4-9-15(13)2/h1,7-8,10,14,16H,4-6,9H2,2H3. The summed E-state index contributed by atoms with van der Waals surface area (Å²) in [5.41, 5.74) is 3.54. The number of hydrogen-bond donors (Lipinski definition) is 1. The number of hydrogen-bond acceptors (Lipinski definition) is 2. The van der Waals surface area contributed by atoms with Crippen molar-refractivity contribution in [1.29, 1.82) is 0 Å². The highest BCUT2D eigenvalue weighted by Gasteiger charge is 2.15. The summed E-state index contributed by atoms with van der Waals surface area (Å²) in [6.07, 6.45) is 7.34. The van der Waals surface area contributed by atoms with E-state index in [1.54, 1.807) is 0 Å². The van der Waals surface area contributed by atoms with Gasteiger partial charge in [0.25, 0.3) is 0 Å². The fourth-order valence-electron chi connectivity index (χ4n) is 2.24. The summed E-state index contributed by atoms with van der Waals surface area (Å²) in [6.45, 7) is 1.11. The lowest BCUT2D eigenvalue weighted by atomic mass is 9.97. The van der Waals surface area contributed by atoms with Crippen LogP contribution in [0.2, 0.25) is 0 Å². The van der Waals surface area contributed by atoms with Gasteiger partial charge in [0.15, 0.2) is 0 Å². The lowest BCUT2D eigenvalue weighted by Gasteiger charge is -2.28. The second-order valence-electron chi connectivity index (χ2n) is 4.34. The zero-order valence-electron chi connectivity index (χ0n) is 9.61. The van der Waals surface area contributed by atoms with Crippen molar-refractivity contribution in [3.05, 3.63) is 29.3 Å². The largest absolute Gasteiger partial charge is 0.387 e. The molecule has 0 aromatic heterocycles. The van der Waals surface area contributed by atoms with Gasteiger partial charge >= 0.3 is 0 Å². The van der Waals surface area contributed by atoms with Crippen LogP contribution in [0.15, 0.2) is 18.2 Å². The molecule has 0 radical (unpaired) electrons. The number of aryl methyl sites for hydroxylation is 1. The fourth-order valence-corrected chi connectivity index (χ4v) is 2.24. The smallest absolute Gasteiger partial charge is 0.0899 e. The third-order valence-electron chi connectivity index (χ3n) is 3.15. The first-order valence-corrected chi connectivity index (χ1v) is 5.68. The molecule has 2 nitrogen and oxygen atoms in total. The minimum absolute atomic E-state index is 0.384. The molecule has 1 atom stereocenters. The normalized spacial score (nSPS) is 16.4. The molecule has 1 aromatic rings. The third kappa shape index (κ3) is 2.05. The van der Waals surface area contributed by atoms with E-state index in [0.717, 1.165) is 18.5 Å². The molecule has 0 saturated carbocycles. The molecule has 0 amide bonds. The van der Waals surface area contributed by atoms with E-state index in [2.05, 4.69) is 30.0 Å². The molecule has 1 unspecified atom stereocenters. The van der Waals surface area contributed by atoms with Crippen LogP contribution in [0.4, 0.5) is 5.69 Å². The molecule has 2 rings (SSSR count). The van der Waals surface area contributed by atoms with E-state index in [0.29, 0.717) is 6.42 Å². The predicted octanol–water partition coefficient (Wildman–Crippen LogP) is 2.13. The summed E-state index contributed by atoms with van der Waals surface area (Å²) in [5.74, 6) is 2.49. The number of aliphatic hydroxyl groups excluding tert-OH is 1. The Balaban J connectivity index is 2.29. The molecule has 0 saturated heterocycles. The van der Waals surface area contributed by atoms with Crippen LogP contribution in [0.1, 0.15) is 30.1 Å². The van der Waals surface area contributed by atoms with Crippen molar-refractivity contribution < 1.29 is 5.11 Å². The number of benzene rings is 1. The lowest BCUT2D eigenvalue weighted by Crippen LogP contribution is -2.24. The summed E-state index contributed by atoms with van der Waals surface area (Å²) < 4.78 is 0. The number of anilines is 1. The minimum Gasteiger partial charge on any atom is -0.387 e. The van der Waals surface area contributed by atoms with Gasteiger partial charge in [0, 0.05) is 25.7 Å². The van der Waals surface area contributed by atoms with Crippen molar-refractivity contribution >= 4 is 5.69 Å². The van der Waals surface area contributed by atoms with Crippen molar-refractivity contribution in [2.24, 2.45) is 0 Å². The summed E-state index contributed by atoms with van der Waals surface area (Å²) >= 11 is 0. The molecule has 2 heteroatoms. The van der Waals surface area contributed by atoms with E-state index in [-0.39, 0.29) is 0 Å². The van der Waals surface area contributed by atoms with Crippen molar-refractivity contribution in [1.82, 2.24) is 0 Å². The topological polar surface area (TPSA) is 23.5 Å². The number of fused-ring (bicyclic) bond motifs is 1. The molecule has 0 aliphatic carbocycles. The van der Waals surface area contributed by atoms with Crippen molar-refractivity contribution in [2.75, 3.05) is 18.5 Å². The van der Waals surface area contributed by atoms with Gasteiger partial charge in [0.1, 0.15) is 0 Å². The van der Waals surface area contributed by atoms with Gasteiger partial charge < -0.3 is 10.0 Å². The molecular weight excluding hydrogens is 198 g/mol. The first-order valence-electron chi connectivity index (χ1n) is 5.68. The molecule has 0 fully saturated rings. The van der Waals surface area contributed by atoms with Gasteiger partial charge in [-0.1, -0.05) is 12.1 Å². The van der Waals surface area contributed by atoms with E-state index in [1.165, 1.54) is 17.7 Å². The van der Waals surface area contributed by atoms with Crippen molar-refractivity contribution in [3.8, 4) is 12.3 Å². The Morgan fingerprint density at radius 2 is 2.38 bits per heavy atom. The molecule has 1 N–H and O–H groups in total. The van der Waals surface area contributed by atoms with Crippen molar-refractivity contribution in [3.63, 3.8) is 0 Å². The Labute approximate surface area is 96.9 Å². The molecule has 1 heterocycles. The molecule has 1 aromatic carbocycles. The average molecular weight is 215 g/mol. The Kier molecular flexibility index (Phi) is 3.17. The summed E-state index contributed by atoms with van der Waals surface area (Å²) in [7, 11) is 2.11. The summed E-state index contributed by atoms with van der Waals surface area (Å²) in [5, 5.41) is 9.83. The molecule has 0 bridgehead atoms. The van der Waals surface area contributed by atoms with Gasteiger partial charge in [-0.2, -0.15) is 0 Å². The van der Waals surface area contributed by atoms with Gasteiger partial charge in [0.2, 0.25) is 0 Å². The first kappa shape index (κ1) is 11.0. The van der Waals surface area contributed by atoms with Gasteiger partial charge in [-0.05, 0) is 30.0 Å². The zero-order valence-corrected chi connectivity index (χ0v) is 9.61. The van der Waals surface area contributed by atoms with Crippen LogP contribution in [0, 0.1) is 12.3 Å². The highest BCUT2D eigenvalue weighted by molar-refractivity contribution is 5.56. The first-order chi connectivity index (χ1) is 7.72. The maximum atomic E-state index is 9.83. The second kappa shape index (κ2) is 4.59. The molecular formula is C14H17NO. The number of nitrogens with zero attached hydrogens (tertiary/aromatic N) is 1. The van der Waals surface area contributed by atoms with E-state index >= 15 is 0 Å². The Morgan fingerprint density at radius 3 is 3.12 bits per heavy atom. The van der Waals surface area contributed by atoms with Gasteiger partial charge in [-0.25, -0.2) is 0 Å². The van der Waals surface area contributed by atoms with Gasteiger partial charge in [-0.3, -0.25) is 0 Å². The number of rotatable bonds is 2. The predicted molar refractivity (Wildman–Crippen MR) is 66.4 cm³/mol. The van der Waals surface area contributed by atoms with Crippen LogP contribution in [-0.2, 0) is 6.42 Å². The monoisotopic (exact) mass is 215 g/mol. The average Bonchev–Trinajstić information content (AvgIpc) is 2.29. The zero-order chi connectivity index (χ0) is 11.5. The highest BCUT2D eigenvalue weighted by Crippen LogP contribution is 2.29. The SMILES string of the molecule is C#CCC(O)c1ccc2c(c1)CCCN2C. The Bertz CT molecular complexity index is 419. The van der Waals surface area contributed by atoms with E-state index < -0.39 is 6.10 Å². The Morgan fingerprint density at radius 1 is 1.56 bits per heavy atom. The maximum Gasteiger partial charge on any atom is 0.0899 e. The van der Waals surface area contributed by atoms with Gasteiger partial charge in [0.05, 0.1) is 6.10 Å². The van der Waals surface area contributed by atoms with E-state index in [9.17, 15) is 5.11 Å². The van der Waals surface area contributed by atoms with Crippen LogP contribution in [-0.4, -0.2) is 18.7 Å². The quantitative estimate of drug-likeness (QED) is 0.764. The van der Waals surface area contributed by atoms with E-state index in [1.807, 2.05) is 6.07 Å². The molecule has 1 aliphatic rings. The minimum atomic E-state index is -0.525. The van der Waals surface area contributed by atoms with E-state index in [4.69, 9.17) is 6.42 Å². The van der Waals surface area contributed by atoms with Crippen LogP contribution in [0.3, 0.4) is 0 Å². The Hall–Kier alpha value is -1.46. The molecule has 1 aliphatic heterocycles.